The van der Waals surface area contributed by atoms with Gasteiger partial charge in [0.15, 0.2) is 0 Å². The number of carbonyl (C=O) groups excluding carboxylic acids is 2. The normalized spacial score (nSPS) is 35.9. The molecule has 1 heterocycles. The topological polar surface area (TPSA) is 108 Å². The number of nitrogens with one attached hydrogen (secondary N) is 1. The van der Waals surface area contributed by atoms with Crippen molar-refractivity contribution in [1.29, 1.82) is 5.26 Å². The monoisotopic (exact) mass is 440 g/mol. The van der Waals surface area contributed by atoms with Gasteiger partial charge in [-0.3, -0.25) is 14.5 Å². The van der Waals surface area contributed by atoms with Crippen molar-refractivity contribution < 1.29 is 18.7 Å². The number of nitrogens with zero attached hydrogens (tertiary/aromatic N) is 2. The molecule has 4 aliphatic carbocycles. The number of rotatable bonds is 5. The number of ether oxygens (including phenoxy) is 1. The first kappa shape index (κ1) is 21.4. The van der Waals surface area contributed by atoms with E-state index in [1.807, 2.05) is 6.07 Å². The molecule has 2 unspecified atom stereocenters. The number of amides is 2. The van der Waals surface area contributed by atoms with Crippen LogP contribution in [0.1, 0.15) is 43.2 Å². The van der Waals surface area contributed by atoms with E-state index in [0.717, 1.165) is 37.7 Å². The van der Waals surface area contributed by atoms with Crippen LogP contribution in [0.2, 0.25) is 0 Å². The highest BCUT2D eigenvalue weighted by Gasteiger charge is 2.58. The van der Waals surface area contributed by atoms with Crippen LogP contribution in [0.3, 0.4) is 0 Å². The van der Waals surface area contributed by atoms with Crippen LogP contribution in [0.4, 0.5) is 4.39 Å². The Bertz CT molecular complexity index is 960. The summed E-state index contributed by atoms with van der Waals surface area (Å²) in [4.78, 5) is 27.3. The van der Waals surface area contributed by atoms with Gasteiger partial charge in [-0.05, 0) is 67.6 Å². The molecule has 0 spiro atoms. The average molecular weight is 441 g/mol. The molecule has 7 nitrogen and oxygen atoms in total. The van der Waals surface area contributed by atoms with E-state index in [4.69, 9.17) is 15.7 Å². The number of nitriles is 1. The third-order valence-electron chi connectivity index (χ3n) is 8.11. The van der Waals surface area contributed by atoms with E-state index < -0.39 is 11.9 Å². The predicted molar refractivity (Wildman–Crippen MR) is 113 cm³/mol. The lowest BCUT2D eigenvalue weighted by atomic mass is 9.47. The summed E-state index contributed by atoms with van der Waals surface area (Å²) >= 11 is 0. The lowest BCUT2D eigenvalue weighted by molar-refractivity contribution is -0.151. The fraction of sp³-hybridized carbons (Fsp3) is 0.625. The minimum absolute atomic E-state index is 0.0294. The lowest BCUT2D eigenvalue weighted by Gasteiger charge is -2.59. The van der Waals surface area contributed by atoms with Gasteiger partial charge in [0.25, 0.3) is 5.91 Å². The van der Waals surface area contributed by atoms with Crippen molar-refractivity contribution in [2.75, 3.05) is 19.7 Å². The van der Waals surface area contributed by atoms with Gasteiger partial charge in [-0.1, -0.05) is 6.07 Å². The Morgan fingerprint density at radius 3 is 2.69 bits per heavy atom. The highest BCUT2D eigenvalue weighted by Crippen LogP contribution is 2.59. The van der Waals surface area contributed by atoms with Crippen LogP contribution in [0.15, 0.2) is 18.2 Å². The molecule has 8 heteroatoms. The van der Waals surface area contributed by atoms with Crippen LogP contribution in [-0.4, -0.2) is 48.6 Å². The molecular formula is C24H29FN4O3. The van der Waals surface area contributed by atoms with Gasteiger partial charge >= 0.3 is 0 Å². The quantitative estimate of drug-likeness (QED) is 0.724. The number of hydrogen-bond donors (Lipinski definition) is 2. The van der Waals surface area contributed by atoms with Gasteiger partial charge < -0.3 is 15.8 Å². The molecule has 3 atom stereocenters. The van der Waals surface area contributed by atoms with Crippen molar-refractivity contribution >= 4 is 11.8 Å². The number of benzene rings is 1. The first-order valence-electron chi connectivity index (χ1n) is 11.5. The average Bonchev–Trinajstić information content (AvgIpc) is 2.76. The second-order valence-electron chi connectivity index (χ2n) is 10.2. The largest absolute Gasteiger partial charge is 0.369 e. The summed E-state index contributed by atoms with van der Waals surface area (Å²) in [5.74, 6) is 0.349. The fourth-order valence-corrected chi connectivity index (χ4v) is 6.83. The van der Waals surface area contributed by atoms with Crippen LogP contribution in [0, 0.1) is 40.3 Å². The highest BCUT2D eigenvalue weighted by atomic mass is 19.1. The Hall–Kier alpha value is -2.50. The number of nitrogens with two attached hydrogens (primary N) is 1. The van der Waals surface area contributed by atoms with Gasteiger partial charge in [0, 0.05) is 31.1 Å². The Labute approximate surface area is 187 Å². The minimum Gasteiger partial charge on any atom is -0.369 e. The number of halogens is 1. The summed E-state index contributed by atoms with van der Waals surface area (Å²) in [6.07, 6.45) is 4.00. The van der Waals surface area contributed by atoms with E-state index in [-0.39, 0.29) is 28.8 Å². The Morgan fingerprint density at radius 1 is 1.28 bits per heavy atom. The molecule has 170 valence electrons. The summed E-state index contributed by atoms with van der Waals surface area (Å²) in [6, 6.07) is 6.52. The third kappa shape index (κ3) is 3.78. The third-order valence-corrected chi connectivity index (χ3v) is 8.11. The number of carbonyl (C=O) groups is 2. The van der Waals surface area contributed by atoms with Crippen molar-refractivity contribution in [2.24, 2.45) is 28.9 Å². The summed E-state index contributed by atoms with van der Waals surface area (Å²) < 4.78 is 19.7. The molecule has 32 heavy (non-hydrogen) atoms. The van der Waals surface area contributed by atoms with Crippen molar-refractivity contribution in [3.8, 4) is 6.07 Å². The zero-order valence-electron chi connectivity index (χ0n) is 18.1. The van der Waals surface area contributed by atoms with Crippen molar-refractivity contribution in [3.05, 3.63) is 35.1 Å². The van der Waals surface area contributed by atoms with Gasteiger partial charge in [-0.25, -0.2) is 4.39 Å². The minimum atomic E-state index is -0.575. The molecule has 1 saturated heterocycles. The Balaban J connectivity index is 1.21. The van der Waals surface area contributed by atoms with Gasteiger partial charge in [0.2, 0.25) is 5.91 Å². The van der Waals surface area contributed by atoms with Crippen molar-refractivity contribution in [1.82, 2.24) is 10.2 Å². The van der Waals surface area contributed by atoms with Crippen LogP contribution >= 0.6 is 0 Å². The number of hydrogen-bond acceptors (Lipinski definition) is 5. The van der Waals surface area contributed by atoms with Gasteiger partial charge in [0.1, 0.15) is 18.0 Å². The maximum atomic E-state index is 13.9. The fourth-order valence-electron chi connectivity index (χ4n) is 6.83. The molecule has 0 radical (unpaired) electrons. The molecule has 4 saturated carbocycles. The summed E-state index contributed by atoms with van der Waals surface area (Å²) in [5, 5.41) is 12.2. The maximum Gasteiger partial charge on any atom is 0.250 e. The highest BCUT2D eigenvalue weighted by molar-refractivity contribution is 5.83. The van der Waals surface area contributed by atoms with E-state index in [1.54, 1.807) is 6.07 Å². The molecule has 1 aromatic carbocycles. The smallest absolute Gasteiger partial charge is 0.250 e. The molecule has 0 aromatic heterocycles. The van der Waals surface area contributed by atoms with Gasteiger partial charge in [-0.2, -0.15) is 5.26 Å². The molecule has 1 aromatic rings. The van der Waals surface area contributed by atoms with Gasteiger partial charge in [-0.15, -0.1) is 0 Å². The van der Waals surface area contributed by atoms with Gasteiger partial charge in [0.05, 0.1) is 12.2 Å². The van der Waals surface area contributed by atoms with E-state index >= 15 is 0 Å². The first-order valence-corrected chi connectivity index (χ1v) is 11.5. The standard InChI is InChI=1S/C24H29FN4O3/c25-19-7-14(1-2-16(19)11-26)12-29-3-4-32-20(13-29)22(30)28-21-17-5-15-6-18(21)10-24(8-15,9-17)23(27)31/h1-2,7,15,17-18,20-21H,3-6,8-10,12-13H2,(H2,27,31)(H,28,30)/t15?,17?,18?,20-,21?,24?/m1/s1. The van der Waals surface area contributed by atoms with Crippen LogP contribution in [0.5, 0.6) is 0 Å². The van der Waals surface area contributed by atoms with Crippen LogP contribution in [-0.2, 0) is 20.9 Å². The molecular weight excluding hydrogens is 411 g/mol. The Kier molecular flexibility index (Phi) is 5.42. The summed E-state index contributed by atoms with van der Waals surface area (Å²) in [6.45, 7) is 2.01. The van der Waals surface area contributed by atoms with E-state index in [9.17, 15) is 14.0 Å². The van der Waals surface area contributed by atoms with E-state index in [0.29, 0.717) is 44.0 Å². The predicted octanol–water partition coefficient (Wildman–Crippen LogP) is 1.69. The summed E-state index contributed by atoms with van der Waals surface area (Å²) in [7, 11) is 0. The van der Waals surface area contributed by atoms with E-state index in [2.05, 4.69) is 10.2 Å². The van der Waals surface area contributed by atoms with Crippen molar-refractivity contribution in [2.45, 2.75) is 50.8 Å². The maximum absolute atomic E-state index is 13.9. The molecule has 5 aliphatic rings. The van der Waals surface area contributed by atoms with Crippen molar-refractivity contribution in [3.63, 3.8) is 0 Å². The lowest BCUT2D eigenvalue weighted by Crippen LogP contribution is -2.63. The molecule has 2 amide bonds. The molecule has 4 bridgehead atoms. The second-order valence-corrected chi connectivity index (χ2v) is 10.2. The Morgan fingerprint density at radius 2 is 2.03 bits per heavy atom. The summed E-state index contributed by atoms with van der Waals surface area (Å²) in [5.41, 5.74) is 6.19. The molecule has 6 rings (SSSR count). The molecule has 5 fully saturated rings. The van der Waals surface area contributed by atoms with E-state index in [1.165, 1.54) is 12.1 Å². The zero-order chi connectivity index (χ0) is 22.5. The first-order chi connectivity index (χ1) is 15.4. The van der Waals surface area contributed by atoms with Crippen LogP contribution in [0.25, 0.3) is 0 Å². The van der Waals surface area contributed by atoms with Crippen LogP contribution < -0.4 is 11.1 Å². The molecule has 3 N–H and O–H groups in total. The number of morpholine rings is 1. The number of primary amides is 1. The SMILES string of the molecule is N#Cc1ccc(CN2CCO[C@@H](C(=O)NC3C4CC5CC3CC(C(N)=O)(C5)C4)C2)cc1F. The zero-order valence-corrected chi connectivity index (χ0v) is 18.1. The second kappa shape index (κ2) is 8.13. The molecule has 1 aliphatic heterocycles.